The van der Waals surface area contributed by atoms with Crippen LogP contribution in [0.2, 0.25) is 0 Å². The molecule has 180 valence electrons. The fourth-order valence-corrected chi connectivity index (χ4v) is 8.09. The van der Waals surface area contributed by atoms with Gasteiger partial charge in [-0.05, 0) is 117 Å². The molecule has 3 rings (SSSR count). The number of allylic oxidation sites excluding steroid dienone is 2. The Hall–Kier alpha value is -0.300. The highest BCUT2D eigenvalue weighted by Crippen LogP contribution is 2.63. The fraction of sp³-hybridized carbons (Fsp3) is 0.933. The van der Waals surface area contributed by atoms with Crippen LogP contribution in [-0.2, 0) is 0 Å². The summed E-state index contributed by atoms with van der Waals surface area (Å²) in [5.41, 5.74) is 2.27. The second-order valence-electron chi connectivity index (χ2n) is 13.4. The maximum absolute atomic E-state index is 10.8. The number of hydrogen-bond acceptors (Lipinski definition) is 1. The van der Waals surface area contributed by atoms with Crippen molar-refractivity contribution in [2.24, 2.45) is 46.3 Å². The van der Waals surface area contributed by atoms with Gasteiger partial charge in [-0.15, -0.1) is 0 Å². The zero-order valence-electron chi connectivity index (χ0n) is 22.3. The van der Waals surface area contributed by atoms with Crippen LogP contribution in [-0.4, -0.2) is 10.7 Å². The number of fused-ring (bicyclic) bond motifs is 3. The molecule has 1 heteroatoms. The molecule has 0 aromatic carbocycles. The lowest BCUT2D eigenvalue weighted by Crippen LogP contribution is -2.50. The van der Waals surface area contributed by atoms with Gasteiger partial charge in [0.1, 0.15) is 0 Å². The first-order valence-corrected chi connectivity index (χ1v) is 13.8. The van der Waals surface area contributed by atoms with Gasteiger partial charge in [-0.2, -0.15) is 0 Å². The molecule has 0 bridgehead atoms. The Morgan fingerprint density at radius 1 is 1.16 bits per heavy atom. The fourth-order valence-electron chi connectivity index (χ4n) is 8.09. The Kier molecular flexibility index (Phi) is 7.77. The van der Waals surface area contributed by atoms with Crippen LogP contribution in [0.4, 0.5) is 0 Å². The molecule has 1 nitrogen and oxygen atoms in total. The van der Waals surface area contributed by atoms with Crippen molar-refractivity contribution >= 4 is 0 Å². The molecule has 8 unspecified atom stereocenters. The summed E-state index contributed by atoms with van der Waals surface area (Å²) < 4.78 is 0. The lowest BCUT2D eigenvalue weighted by Gasteiger charge is -2.59. The van der Waals surface area contributed by atoms with E-state index in [0.717, 1.165) is 36.5 Å². The SMILES string of the molecule is CCCC1C2CC=C3CC(C)CCC3(C)C2CCC1(C)CC(C)CCC(C)(O)C(C)C. The highest BCUT2D eigenvalue weighted by Gasteiger charge is 2.54. The first kappa shape index (κ1) is 25.3. The van der Waals surface area contributed by atoms with Gasteiger partial charge in [0.05, 0.1) is 5.60 Å². The van der Waals surface area contributed by atoms with Gasteiger partial charge in [0, 0.05) is 0 Å². The molecule has 0 heterocycles. The van der Waals surface area contributed by atoms with Crippen molar-refractivity contribution in [3.8, 4) is 0 Å². The van der Waals surface area contributed by atoms with Crippen LogP contribution in [0, 0.1) is 46.3 Å². The summed E-state index contributed by atoms with van der Waals surface area (Å²) in [7, 11) is 0. The minimum atomic E-state index is -0.521. The van der Waals surface area contributed by atoms with Gasteiger partial charge < -0.3 is 5.11 Å². The molecule has 1 N–H and O–H groups in total. The van der Waals surface area contributed by atoms with Gasteiger partial charge in [0.15, 0.2) is 0 Å². The molecule has 3 aliphatic rings. The second kappa shape index (κ2) is 9.52. The monoisotopic (exact) mass is 430 g/mol. The van der Waals surface area contributed by atoms with E-state index < -0.39 is 5.60 Å². The predicted octanol–water partition coefficient (Wildman–Crippen LogP) is 8.81. The van der Waals surface area contributed by atoms with Gasteiger partial charge in [-0.25, -0.2) is 0 Å². The highest BCUT2D eigenvalue weighted by atomic mass is 16.3. The molecule has 0 saturated heterocycles. The molecule has 0 radical (unpaired) electrons. The molecule has 0 aliphatic heterocycles. The average molecular weight is 431 g/mol. The zero-order valence-corrected chi connectivity index (χ0v) is 22.3. The minimum Gasteiger partial charge on any atom is -0.390 e. The average Bonchev–Trinajstić information content (AvgIpc) is 2.69. The van der Waals surface area contributed by atoms with E-state index in [1.54, 1.807) is 0 Å². The molecular weight excluding hydrogens is 376 g/mol. The lowest BCUT2D eigenvalue weighted by molar-refractivity contribution is -0.0596. The summed E-state index contributed by atoms with van der Waals surface area (Å²) in [5.74, 6) is 4.61. The second-order valence-corrected chi connectivity index (χ2v) is 13.4. The molecular formula is C30H54O. The van der Waals surface area contributed by atoms with Gasteiger partial charge in [0.25, 0.3) is 0 Å². The Morgan fingerprint density at radius 2 is 1.87 bits per heavy atom. The third kappa shape index (κ3) is 5.12. The van der Waals surface area contributed by atoms with Crippen molar-refractivity contribution in [2.75, 3.05) is 0 Å². The van der Waals surface area contributed by atoms with Crippen LogP contribution >= 0.6 is 0 Å². The van der Waals surface area contributed by atoms with Crippen LogP contribution in [0.15, 0.2) is 11.6 Å². The summed E-state index contributed by atoms with van der Waals surface area (Å²) in [5, 5.41) is 10.8. The molecule has 3 aliphatic carbocycles. The smallest absolute Gasteiger partial charge is 0.0642 e. The number of hydrogen-bond donors (Lipinski definition) is 1. The van der Waals surface area contributed by atoms with E-state index >= 15 is 0 Å². The van der Waals surface area contributed by atoms with E-state index in [0.29, 0.717) is 22.7 Å². The third-order valence-electron chi connectivity index (χ3n) is 10.7. The van der Waals surface area contributed by atoms with Crippen LogP contribution in [0.1, 0.15) is 126 Å². The van der Waals surface area contributed by atoms with Crippen LogP contribution in [0.3, 0.4) is 0 Å². The Balaban J connectivity index is 1.74. The van der Waals surface area contributed by atoms with Crippen molar-refractivity contribution in [3.63, 3.8) is 0 Å². The van der Waals surface area contributed by atoms with Crippen molar-refractivity contribution < 1.29 is 5.11 Å². The van der Waals surface area contributed by atoms with Crippen LogP contribution in [0.5, 0.6) is 0 Å². The van der Waals surface area contributed by atoms with E-state index in [1.807, 2.05) is 12.5 Å². The predicted molar refractivity (Wildman–Crippen MR) is 135 cm³/mol. The molecule has 8 atom stereocenters. The molecule has 0 amide bonds. The van der Waals surface area contributed by atoms with Crippen LogP contribution < -0.4 is 0 Å². The van der Waals surface area contributed by atoms with E-state index in [4.69, 9.17) is 0 Å². The van der Waals surface area contributed by atoms with Crippen molar-refractivity contribution in [2.45, 2.75) is 132 Å². The summed E-state index contributed by atoms with van der Waals surface area (Å²) in [6, 6.07) is 0. The van der Waals surface area contributed by atoms with Gasteiger partial charge in [-0.1, -0.05) is 66.5 Å². The molecule has 0 spiro atoms. The molecule has 31 heavy (non-hydrogen) atoms. The Bertz CT molecular complexity index is 630. The zero-order chi connectivity index (χ0) is 23.0. The molecule has 0 aromatic heterocycles. The first-order valence-electron chi connectivity index (χ1n) is 13.8. The molecule has 2 saturated carbocycles. The largest absolute Gasteiger partial charge is 0.390 e. The summed E-state index contributed by atoms with van der Waals surface area (Å²) in [4.78, 5) is 0. The number of aliphatic hydroxyl groups is 1. The number of rotatable bonds is 8. The Labute approximate surface area is 194 Å². The third-order valence-corrected chi connectivity index (χ3v) is 10.7. The van der Waals surface area contributed by atoms with Gasteiger partial charge in [0.2, 0.25) is 0 Å². The van der Waals surface area contributed by atoms with Gasteiger partial charge in [-0.3, -0.25) is 0 Å². The topological polar surface area (TPSA) is 20.2 Å². The normalized spacial score (nSPS) is 41.2. The Morgan fingerprint density at radius 3 is 2.52 bits per heavy atom. The standard InChI is InChI=1S/C30H54O/c1-9-10-26-25-12-11-24-19-22(4)13-17-29(24,7)27(25)15-16-28(26,6)20-23(5)14-18-30(8,31)21(2)3/h11,21-23,25-27,31H,9-10,12-20H2,1-8H3. The highest BCUT2D eigenvalue weighted by molar-refractivity contribution is 5.24. The van der Waals surface area contributed by atoms with E-state index in [-0.39, 0.29) is 0 Å². The van der Waals surface area contributed by atoms with Crippen LogP contribution in [0.25, 0.3) is 0 Å². The summed E-state index contributed by atoms with van der Waals surface area (Å²) >= 11 is 0. The van der Waals surface area contributed by atoms with Crippen molar-refractivity contribution in [3.05, 3.63) is 11.6 Å². The minimum absolute atomic E-state index is 0.334. The summed E-state index contributed by atoms with van der Waals surface area (Å²) in [6.45, 7) is 19.0. The van der Waals surface area contributed by atoms with Crippen molar-refractivity contribution in [1.29, 1.82) is 0 Å². The van der Waals surface area contributed by atoms with E-state index in [2.05, 4.69) is 54.5 Å². The quantitative estimate of drug-likeness (QED) is 0.381. The lowest BCUT2D eigenvalue weighted by atomic mass is 9.46. The van der Waals surface area contributed by atoms with Crippen molar-refractivity contribution in [1.82, 2.24) is 0 Å². The molecule has 2 fully saturated rings. The summed E-state index contributed by atoms with van der Waals surface area (Å²) in [6.07, 6.45) is 17.3. The van der Waals surface area contributed by atoms with Gasteiger partial charge >= 0.3 is 0 Å². The molecule has 0 aromatic rings. The van der Waals surface area contributed by atoms with E-state index in [1.165, 1.54) is 57.8 Å². The maximum atomic E-state index is 10.8. The van der Waals surface area contributed by atoms with E-state index in [9.17, 15) is 5.11 Å². The maximum Gasteiger partial charge on any atom is 0.0642 e. The first-order chi connectivity index (χ1) is 14.4.